The van der Waals surface area contributed by atoms with Gasteiger partial charge in [-0.15, -0.1) is 4.72 Å². The van der Waals surface area contributed by atoms with Crippen LogP contribution < -0.4 is 4.72 Å². The molecule has 152 valence electrons. The molecule has 3 unspecified atom stereocenters. The maximum atomic E-state index is 15.5. The number of nitriles is 1. The van der Waals surface area contributed by atoms with Gasteiger partial charge in [-0.3, -0.25) is 0 Å². The van der Waals surface area contributed by atoms with E-state index in [2.05, 4.69) is 20.7 Å². The highest BCUT2D eigenvalue weighted by molar-refractivity contribution is 9.10. The van der Waals surface area contributed by atoms with Crippen molar-refractivity contribution in [2.24, 2.45) is 0 Å². The van der Waals surface area contributed by atoms with Crippen LogP contribution in [0.1, 0.15) is 47.1 Å². The zero-order chi connectivity index (χ0) is 21.4. The van der Waals surface area contributed by atoms with Crippen molar-refractivity contribution >= 4 is 37.1 Å². The standard InChI is InChI=1S/C17H23BrF2N2O3S2/c1-15(2,3)26(23)22-17(6,12-9-11(18)7-8-13(12)19)14(20)27(24,25)16(4,5)10-21/h7-9,14,22H,1-6H3. The van der Waals surface area contributed by atoms with Gasteiger partial charge in [0, 0.05) is 21.4 Å². The van der Waals surface area contributed by atoms with Gasteiger partial charge >= 0.3 is 0 Å². The van der Waals surface area contributed by atoms with E-state index in [4.69, 9.17) is 5.26 Å². The third-order valence-corrected chi connectivity index (χ3v) is 8.80. The number of halogens is 3. The summed E-state index contributed by atoms with van der Waals surface area (Å²) in [7, 11) is -4.72. The normalized spacial score (nSPS) is 17.7. The number of nitrogens with one attached hydrogen (secondary N) is 1. The number of hydrogen-bond acceptors (Lipinski definition) is 5. The van der Waals surface area contributed by atoms with Gasteiger partial charge in [-0.25, -0.2) is 17.2 Å². The molecule has 0 aliphatic rings. The summed E-state index contributed by atoms with van der Waals surface area (Å²) in [6, 6.07) is 5.21. The molecule has 0 aliphatic carbocycles. The molecule has 0 fully saturated rings. The molecular formula is C17H23BrF2N2O3S2. The molecule has 0 radical (unpaired) electrons. The van der Waals surface area contributed by atoms with Gasteiger partial charge in [0.2, 0.25) is 15.3 Å². The fraction of sp³-hybridized carbons (Fsp3) is 0.588. The summed E-state index contributed by atoms with van der Waals surface area (Å²) in [4.78, 5) is 0. The van der Waals surface area contributed by atoms with Crippen LogP contribution in [0.5, 0.6) is 0 Å². The highest BCUT2D eigenvalue weighted by Gasteiger charge is 2.55. The summed E-state index contributed by atoms with van der Waals surface area (Å²) in [5, 5.41) is 9.17. The van der Waals surface area contributed by atoms with Gasteiger partial charge in [0.05, 0.1) is 6.07 Å². The average molecular weight is 485 g/mol. The number of benzene rings is 1. The SMILES string of the molecule is CC(N[S+]([O-])C(C)(C)C)(c1cc(Br)ccc1F)C(F)S(=O)(=O)C(C)(C)C#N. The number of rotatable bonds is 6. The quantitative estimate of drug-likeness (QED) is 0.618. The molecular weight excluding hydrogens is 462 g/mol. The zero-order valence-electron chi connectivity index (χ0n) is 15.9. The summed E-state index contributed by atoms with van der Waals surface area (Å²) in [5.74, 6) is -0.869. The Morgan fingerprint density at radius 2 is 1.78 bits per heavy atom. The highest BCUT2D eigenvalue weighted by atomic mass is 79.9. The van der Waals surface area contributed by atoms with E-state index in [-0.39, 0.29) is 5.56 Å². The third-order valence-electron chi connectivity index (χ3n) is 4.06. The smallest absolute Gasteiger partial charge is 0.228 e. The van der Waals surface area contributed by atoms with Crippen molar-refractivity contribution in [3.63, 3.8) is 0 Å². The Kier molecular flexibility index (Phi) is 7.16. The van der Waals surface area contributed by atoms with Gasteiger partial charge < -0.3 is 4.55 Å². The monoisotopic (exact) mass is 484 g/mol. The van der Waals surface area contributed by atoms with E-state index in [1.165, 1.54) is 12.1 Å². The minimum atomic E-state index is -4.72. The minimum absolute atomic E-state index is 0.320. The van der Waals surface area contributed by atoms with Crippen LogP contribution in [0, 0.1) is 17.1 Å². The van der Waals surface area contributed by atoms with Gasteiger partial charge in [0.25, 0.3) is 0 Å². The number of sulfone groups is 1. The van der Waals surface area contributed by atoms with Crippen LogP contribution in [0.15, 0.2) is 22.7 Å². The number of hydrogen-bond donors (Lipinski definition) is 1. The lowest BCUT2D eigenvalue weighted by atomic mass is 9.94. The molecule has 1 N–H and O–H groups in total. The summed E-state index contributed by atoms with van der Waals surface area (Å²) in [6.07, 6.45) is 0. The lowest BCUT2D eigenvalue weighted by molar-refractivity contribution is 0.249. The van der Waals surface area contributed by atoms with E-state index < -0.39 is 47.6 Å². The molecule has 0 heterocycles. The van der Waals surface area contributed by atoms with Crippen LogP contribution in [-0.2, 0) is 26.7 Å². The molecule has 1 aromatic carbocycles. The molecule has 27 heavy (non-hydrogen) atoms. The molecule has 0 spiro atoms. The Hall–Kier alpha value is -0.730. The predicted molar refractivity (Wildman–Crippen MR) is 106 cm³/mol. The maximum absolute atomic E-state index is 15.5. The summed E-state index contributed by atoms with van der Waals surface area (Å²) in [5.41, 5.74) is -5.27. The van der Waals surface area contributed by atoms with Crippen LogP contribution in [0.2, 0.25) is 0 Å². The largest absolute Gasteiger partial charge is 0.598 e. The van der Waals surface area contributed by atoms with Crippen LogP contribution >= 0.6 is 15.9 Å². The van der Waals surface area contributed by atoms with Crippen molar-refractivity contribution in [2.75, 3.05) is 0 Å². The van der Waals surface area contributed by atoms with Gasteiger partial charge in [-0.05, 0) is 59.7 Å². The molecule has 0 bridgehead atoms. The summed E-state index contributed by atoms with van der Waals surface area (Å²) in [6.45, 7) is 8.07. The fourth-order valence-electron chi connectivity index (χ4n) is 2.10. The molecule has 1 aromatic rings. The summed E-state index contributed by atoms with van der Waals surface area (Å²) < 4.78 is 68.2. The second-order valence-corrected chi connectivity index (χ2v) is 13.2. The molecule has 0 saturated carbocycles. The van der Waals surface area contributed by atoms with E-state index in [1.807, 2.05) is 0 Å². The van der Waals surface area contributed by atoms with E-state index in [1.54, 1.807) is 26.8 Å². The van der Waals surface area contributed by atoms with Gasteiger partial charge in [0.15, 0.2) is 4.75 Å². The maximum Gasteiger partial charge on any atom is 0.228 e. The Morgan fingerprint density at radius 1 is 1.26 bits per heavy atom. The molecule has 0 aliphatic heterocycles. The van der Waals surface area contributed by atoms with Crippen LogP contribution in [-0.4, -0.2) is 28.0 Å². The van der Waals surface area contributed by atoms with Crippen molar-refractivity contribution in [1.82, 2.24) is 4.72 Å². The molecule has 10 heteroatoms. The van der Waals surface area contributed by atoms with Crippen molar-refractivity contribution in [2.45, 2.75) is 62.1 Å². The first kappa shape index (κ1) is 24.3. The third kappa shape index (κ3) is 4.82. The van der Waals surface area contributed by atoms with Crippen LogP contribution in [0.4, 0.5) is 8.78 Å². The van der Waals surface area contributed by atoms with E-state index in [0.29, 0.717) is 4.47 Å². The second-order valence-electron chi connectivity index (χ2n) is 7.79. The first-order chi connectivity index (χ1) is 12.0. The lowest BCUT2D eigenvalue weighted by Gasteiger charge is -2.38. The molecule has 0 amide bonds. The first-order valence-electron chi connectivity index (χ1n) is 7.94. The average Bonchev–Trinajstić information content (AvgIpc) is 2.54. The molecule has 5 nitrogen and oxygen atoms in total. The topological polar surface area (TPSA) is 93.0 Å². The van der Waals surface area contributed by atoms with Crippen molar-refractivity contribution in [1.29, 1.82) is 5.26 Å². The minimum Gasteiger partial charge on any atom is -0.598 e. The van der Waals surface area contributed by atoms with Crippen molar-refractivity contribution < 1.29 is 21.8 Å². The Morgan fingerprint density at radius 3 is 2.22 bits per heavy atom. The van der Waals surface area contributed by atoms with E-state index in [0.717, 1.165) is 26.8 Å². The van der Waals surface area contributed by atoms with Crippen molar-refractivity contribution in [3.8, 4) is 6.07 Å². The Labute approximate surface area is 170 Å². The van der Waals surface area contributed by atoms with E-state index >= 15 is 4.39 Å². The van der Waals surface area contributed by atoms with Gasteiger partial charge in [-0.2, -0.15) is 5.26 Å². The molecule has 0 aromatic heterocycles. The second kappa shape index (κ2) is 7.95. The van der Waals surface area contributed by atoms with Gasteiger partial charge in [0.1, 0.15) is 16.1 Å². The van der Waals surface area contributed by atoms with Crippen molar-refractivity contribution in [3.05, 3.63) is 34.1 Å². The van der Waals surface area contributed by atoms with E-state index in [9.17, 15) is 17.4 Å². The Balaban J connectivity index is 3.70. The zero-order valence-corrected chi connectivity index (χ0v) is 19.2. The van der Waals surface area contributed by atoms with Crippen LogP contribution in [0.25, 0.3) is 0 Å². The summed E-state index contributed by atoms with van der Waals surface area (Å²) >= 11 is 1.23. The number of nitrogens with zero attached hydrogens (tertiary/aromatic N) is 1. The fourth-order valence-corrected chi connectivity index (χ4v) is 4.89. The first-order valence-corrected chi connectivity index (χ1v) is 11.4. The molecule has 3 atom stereocenters. The Bertz CT molecular complexity index is 851. The van der Waals surface area contributed by atoms with Crippen LogP contribution in [0.3, 0.4) is 0 Å². The number of alkyl halides is 1. The van der Waals surface area contributed by atoms with Gasteiger partial charge in [-0.1, -0.05) is 15.9 Å². The lowest BCUT2D eigenvalue weighted by Crippen LogP contribution is -2.58. The molecule has 1 rings (SSSR count). The predicted octanol–water partition coefficient (Wildman–Crippen LogP) is 3.87. The highest BCUT2D eigenvalue weighted by Crippen LogP contribution is 2.39. The molecule has 0 saturated heterocycles.